The molecule has 0 aromatic heterocycles. The predicted octanol–water partition coefficient (Wildman–Crippen LogP) is 2.83. The maximum atomic E-state index is 13.2. The molecule has 0 radical (unpaired) electrons. The number of halogens is 4. The molecule has 0 N–H and O–H groups in total. The Balaban J connectivity index is 2.57. The molecule has 0 unspecified atom stereocenters. The van der Waals surface area contributed by atoms with E-state index >= 15 is 0 Å². The summed E-state index contributed by atoms with van der Waals surface area (Å²) in [5.41, 5.74) is 0.0224. The Bertz CT molecular complexity index is 440. The Hall–Kier alpha value is -1.39. The summed E-state index contributed by atoms with van der Waals surface area (Å²) >= 11 is 0. The quantitative estimate of drug-likeness (QED) is 0.389. The van der Waals surface area contributed by atoms with Crippen molar-refractivity contribution < 1.29 is 17.6 Å². The van der Waals surface area contributed by atoms with Crippen molar-refractivity contribution in [3.63, 3.8) is 0 Å². The molecule has 1 aliphatic heterocycles. The summed E-state index contributed by atoms with van der Waals surface area (Å²) in [5.74, 6) is -6.32. The molecule has 1 aromatic carbocycles. The highest BCUT2D eigenvalue weighted by Gasteiger charge is 2.22. The third-order valence-electron chi connectivity index (χ3n) is 2.29. The van der Waals surface area contributed by atoms with Crippen molar-refractivity contribution in [1.82, 2.24) is 0 Å². The van der Waals surface area contributed by atoms with E-state index in [0.717, 1.165) is 6.42 Å². The number of hydrogen-bond donors (Lipinski definition) is 0. The minimum atomic E-state index is -1.78. The number of rotatable bonds is 1. The minimum absolute atomic E-state index is 0.274. The first-order chi connectivity index (χ1) is 7.11. The van der Waals surface area contributed by atoms with Crippen LogP contribution < -0.4 is 0 Å². The predicted molar refractivity (Wildman–Crippen MR) is 46.9 cm³/mol. The van der Waals surface area contributed by atoms with Crippen LogP contribution in [0.3, 0.4) is 0 Å². The lowest BCUT2D eigenvalue weighted by atomic mass is 10.1. The summed E-state index contributed by atoms with van der Waals surface area (Å²) < 4.78 is 51.6. The number of hydrogen-bond acceptors (Lipinski definition) is 1. The molecule has 1 aromatic rings. The maximum Gasteiger partial charge on any atom is 0.198 e. The van der Waals surface area contributed by atoms with Crippen LogP contribution in [0.2, 0.25) is 0 Å². The average Bonchev–Trinajstić information content (AvgIpc) is 2.73. The zero-order valence-corrected chi connectivity index (χ0v) is 7.66. The molecule has 15 heavy (non-hydrogen) atoms. The van der Waals surface area contributed by atoms with E-state index in [1.54, 1.807) is 0 Å². The molecule has 0 saturated carbocycles. The van der Waals surface area contributed by atoms with Gasteiger partial charge in [0.2, 0.25) is 0 Å². The molecule has 0 atom stereocenters. The minimum Gasteiger partial charge on any atom is -0.289 e. The maximum absolute atomic E-state index is 13.2. The fourth-order valence-corrected chi connectivity index (χ4v) is 1.54. The van der Waals surface area contributed by atoms with Gasteiger partial charge >= 0.3 is 0 Å². The second-order valence-electron chi connectivity index (χ2n) is 3.28. The highest BCUT2D eigenvalue weighted by molar-refractivity contribution is 6.01. The first kappa shape index (κ1) is 10.1. The Morgan fingerprint density at radius 3 is 2.33 bits per heavy atom. The fourth-order valence-electron chi connectivity index (χ4n) is 1.54. The molecular weight excluding hydrogens is 210 g/mol. The van der Waals surface area contributed by atoms with E-state index < -0.39 is 23.3 Å². The van der Waals surface area contributed by atoms with Gasteiger partial charge in [-0.15, -0.1) is 0 Å². The van der Waals surface area contributed by atoms with Crippen molar-refractivity contribution in [2.75, 3.05) is 6.54 Å². The van der Waals surface area contributed by atoms with Crippen molar-refractivity contribution in [3.05, 3.63) is 34.9 Å². The van der Waals surface area contributed by atoms with Crippen molar-refractivity contribution in [3.8, 4) is 0 Å². The smallest absolute Gasteiger partial charge is 0.198 e. The summed E-state index contributed by atoms with van der Waals surface area (Å²) in [6.45, 7) is 0.509. The summed E-state index contributed by atoms with van der Waals surface area (Å²) in [7, 11) is 0. The standard InChI is InChI=1S/C10H7F4N/c11-6-4-5(7-2-1-3-15-7)8(12)10(14)9(6)13/h4H,1-3H2. The fraction of sp³-hybridized carbons (Fsp3) is 0.300. The molecule has 1 heterocycles. The molecule has 0 fully saturated rings. The van der Waals surface area contributed by atoms with Gasteiger partial charge < -0.3 is 0 Å². The summed E-state index contributed by atoms with van der Waals surface area (Å²) in [5, 5.41) is 0. The van der Waals surface area contributed by atoms with Crippen molar-refractivity contribution in [1.29, 1.82) is 0 Å². The first-order valence-corrected chi connectivity index (χ1v) is 4.48. The van der Waals surface area contributed by atoms with E-state index in [1.165, 1.54) is 0 Å². The molecule has 0 aliphatic carbocycles. The number of nitrogens with zero attached hydrogens (tertiary/aromatic N) is 1. The van der Waals surface area contributed by atoms with Gasteiger partial charge in [0.1, 0.15) is 0 Å². The van der Waals surface area contributed by atoms with Crippen LogP contribution in [-0.4, -0.2) is 12.3 Å². The van der Waals surface area contributed by atoms with E-state index in [0.29, 0.717) is 24.7 Å². The molecule has 0 bridgehead atoms. The molecule has 2 rings (SSSR count). The molecule has 5 heteroatoms. The van der Waals surface area contributed by atoms with Crippen LogP contribution in [-0.2, 0) is 0 Å². The zero-order chi connectivity index (χ0) is 11.0. The third-order valence-corrected chi connectivity index (χ3v) is 2.29. The van der Waals surface area contributed by atoms with Gasteiger partial charge in [-0.3, -0.25) is 4.99 Å². The van der Waals surface area contributed by atoms with E-state index in [1.807, 2.05) is 0 Å². The van der Waals surface area contributed by atoms with Gasteiger partial charge in [-0.2, -0.15) is 0 Å². The van der Waals surface area contributed by atoms with Crippen LogP contribution in [0.4, 0.5) is 17.6 Å². The Kier molecular flexibility index (Phi) is 2.46. The summed E-state index contributed by atoms with van der Waals surface area (Å²) in [6, 6.07) is 0.651. The summed E-state index contributed by atoms with van der Waals surface area (Å²) in [4.78, 5) is 3.90. The number of benzene rings is 1. The van der Waals surface area contributed by atoms with Crippen molar-refractivity contribution in [2.45, 2.75) is 12.8 Å². The van der Waals surface area contributed by atoms with Crippen LogP contribution >= 0.6 is 0 Å². The second-order valence-corrected chi connectivity index (χ2v) is 3.28. The molecule has 0 saturated heterocycles. The Labute approximate surface area is 83.4 Å². The van der Waals surface area contributed by atoms with E-state index in [9.17, 15) is 17.6 Å². The zero-order valence-electron chi connectivity index (χ0n) is 7.66. The molecular formula is C10H7F4N. The van der Waals surface area contributed by atoms with E-state index in [-0.39, 0.29) is 5.56 Å². The van der Waals surface area contributed by atoms with Gasteiger partial charge in [0.05, 0.1) is 0 Å². The molecule has 80 valence electrons. The largest absolute Gasteiger partial charge is 0.289 e. The number of aliphatic imine (C=N–C) groups is 1. The van der Waals surface area contributed by atoms with E-state index in [2.05, 4.69) is 4.99 Å². The van der Waals surface area contributed by atoms with E-state index in [4.69, 9.17) is 0 Å². The lowest BCUT2D eigenvalue weighted by molar-refractivity contribution is 0.408. The molecule has 1 aliphatic rings. The Morgan fingerprint density at radius 1 is 1.00 bits per heavy atom. The molecule has 0 spiro atoms. The first-order valence-electron chi connectivity index (χ1n) is 4.48. The van der Waals surface area contributed by atoms with Gasteiger partial charge in [-0.05, 0) is 18.9 Å². The third kappa shape index (κ3) is 1.62. The van der Waals surface area contributed by atoms with Gasteiger partial charge in [-0.25, -0.2) is 17.6 Å². The second kappa shape index (κ2) is 3.64. The highest BCUT2D eigenvalue weighted by atomic mass is 19.2. The van der Waals surface area contributed by atoms with Crippen molar-refractivity contribution in [2.24, 2.45) is 4.99 Å². The highest BCUT2D eigenvalue weighted by Crippen LogP contribution is 2.22. The van der Waals surface area contributed by atoms with Crippen LogP contribution in [0.25, 0.3) is 0 Å². The molecule has 0 amide bonds. The van der Waals surface area contributed by atoms with Crippen molar-refractivity contribution >= 4 is 5.71 Å². The van der Waals surface area contributed by atoms with Crippen LogP contribution in [0.15, 0.2) is 11.1 Å². The lowest BCUT2D eigenvalue weighted by Crippen LogP contribution is -2.06. The lowest BCUT2D eigenvalue weighted by Gasteiger charge is -2.05. The van der Waals surface area contributed by atoms with Gasteiger partial charge in [-0.1, -0.05) is 0 Å². The Morgan fingerprint density at radius 2 is 1.73 bits per heavy atom. The summed E-state index contributed by atoms with van der Waals surface area (Å²) in [6.07, 6.45) is 1.18. The normalized spacial score (nSPS) is 15.6. The SMILES string of the molecule is Fc1cc(C2=NCCC2)c(F)c(F)c1F. The van der Waals surface area contributed by atoms with Gasteiger partial charge in [0, 0.05) is 17.8 Å². The van der Waals surface area contributed by atoms with Crippen LogP contribution in [0.1, 0.15) is 18.4 Å². The molecule has 1 nitrogen and oxygen atoms in total. The van der Waals surface area contributed by atoms with Crippen LogP contribution in [0.5, 0.6) is 0 Å². The van der Waals surface area contributed by atoms with Gasteiger partial charge in [0.15, 0.2) is 23.3 Å². The van der Waals surface area contributed by atoms with Crippen LogP contribution in [0, 0.1) is 23.3 Å². The topological polar surface area (TPSA) is 12.4 Å². The average molecular weight is 217 g/mol. The monoisotopic (exact) mass is 217 g/mol. The van der Waals surface area contributed by atoms with Gasteiger partial charge in [0.25, 0.3) is 0 Å².